The second-order valence-corrected chi connectivity index (χ2v) is 4.87. The number of amides is 2. The number of aryl methyl sites for hydroxylation is 1. The number of urea groups is 1. The molecule has 21 heavy (non-hydrogen) atoms. The highest BCUT2D eigenvalue weighted by atomic mass is 16.5. The van der Waals surface area contributed by atoms with Crippen LogP contribution in [0.2, 0.25) is 0 Å². The van der Waals surface area contributed by atoms with Crippen LogP contribution in [0.15, 0.2) is 48.2 Å². The highest BCUT2D eigenvalue weighted by Gasteiger charge is 2.31. The van der Waals surface area contributed by atoms with Gasteiger partial charge in [-0.2, -0.15) is 0 Å². The fraction of sp³-hybridized carbons (Fsp3) is 0.250. The first kappa shape index (κ1) is 14.8. The minimum absolute atomic E-state index is 0.129. The number of esters is 1. The first-order valence-electron chi connectivity index (χ1n) is 6.65. The highest BCUT2D eigenvalue weighted by molar-refractivity contribution is 5.95. The van der Waals surface area contributed by atoms with E-state index in [0.29, 0.717) is 11.3 Å². The Labute approximate surface area is 123 Å². The van der Waals surface area contributed by atoms with Gasteiger partial charge in [-0.3, -0.25) is 0 Å². The molecule has 0 aromatic heterocycles. The second kappa shape index (κ2) is 6.26. The van der Waals surface area contributed by atoms with E-state index in [9.17, 15) is 9.59 Å². The predicted molar refractivity (Wildman–Crippen MR) is 79.4 cm³/mol. The van der Waals surface area contributed by atoms with Crippen LogP contribution in [-0.4, -0.2) is 18.6 Å². The van der Waals surface area contributed by atoms with Gasteiger partial charge in [0.1, 0.15) is 6.61 Å². The standard InChI is InChI=1S/C16H18N2O3/c1-4-9-21-15(19)13-11(3)17-16(20)18-14(13)12-7-5-10(2)6-8-12/h4-8,14H,1,9H2,2-3H3,(H2,17,18,20)/t14-/m0/s1. The van der Waals surface area contributed by atoms with E-state index in [1.807, 2.05) is 31.2 Å². The zero-order valence-electron chi connectivity index (χ0n) is 12.1. The van der Waals surface area contributed by atoms with Crippen molar-refractivity contribution in [2.24, 2.45) is 0 Å². The van der Waals surface area contributed by atoms with Gasteiger partial charge in [0.05, 0.1) is 11.6 Å². The summed E-state index contributed by atoms with van der Waals surface area (Å²) in [6.45, 7) is 7.31. The van der Waals surface area contributed by atoms with Crippen LogP contribution in [0.5, 0.6) is 0 Å². The Hall–Kier alpha value is -2.56. The molecule has 2 N–H and O–H groups in total. The van der Waals surface area contributed by atoms with Crippen molar-refractivity contribution >= 4 is 12.0 Å². The van der Waals surface area contributed by atoms with Crippen molar-refractivity contribution < 1.29 is 14.3 Å². The molecule has 0 unspecified atom stereocenters. The van der Waals surface area contributed by atoms with E-state index < -0.39 is 12.0 Å². The molecule has 0 saturated carbocycles. The second-order valence-electron chi connectivity index (χ2n) is 4.87. The molecule has 110 valence electrons. The van der Waals surface area contributed by atoms with Gasteiger partial charge >= 0.3 is 12.0 Å². The summed E-state index contributed by atoms with van der Waals surface area (Å²) in [4.78, 5) is 23.9. The van der Waals surface area contributed by atoms with Crippen LogP contribution in [0.4, 0.5) is 4.79 Å². The Balaban J connectivity index is 2.37. The Morgan fingerprint density at radius 2 is 2.00 bits per heavy atom. The molecule has 0 bridgehead atoms. The largest absolute Gasteiger partial charge is 0.458 e. The number of hydrogen-bond donors (Lipinski definition) is 2. The summed E-state index contributed by atoms with van der Waals surface area (Å²) < 4.78 is 5.11. The summed E-state index contributed by atoms with van der Waals surface area (Å²) in [6, 6.07) is 6.80. The minimum Gasteiger partial charge on any atom is -0.458 e. The maximum absolute atomic E-state index is 12.2. The average molecular weight is 286 g/mol. The quantitative estimate of drug-likeness (QED) is 0.659. The van der Waals surface area contributed by atoms with E-state index in [0.717, 1.165) is 11.1 Å². The molecule has 5 nitrogen and oxygen atoms in total. The third-order valence-electron chi connectivity index (χ3n) is 3.23. The van der Waals surface area contributed by atoms with Crippen LogP contribution >= 0.6 is 0 Å². The number of hydrogen-bond acceptors (Lipinski definition) is 3. The number of benzene rings is 1. The predicted octanol–water partition coefficient (Wildman–Crippen LogP) is 2.35. The number of carbonyl (C=O) groups is 2. The van der Waals surface area contributed by atoms with Crippen molar-refractivity contribution in [2.75, 3.05) is 6.61 Å². The molecule has 1 aliphatic rings. The summed E-state index contributed by atoms with van der Waals surface area (Å²) in [5.41, 5.74) is 2.84. The molecule has 5 heteroatoms. The van der Waals surface area contributed by atoms with E-state index in [-0.39, 0.29) is 12.6 Å². The number of rotatable bonds is 4. The lowest BCUT2D eigenvalue weighted by molar-refractivity contribution is -0.138. The van der Waals surface area contributed by atoms with E-state index in [2.05, 4.69) is 17.2 Å². The van der Waals surface area contributed by atoms with Crippen LogP contribution in [-0.2, 0) is 9.53 Å². The first-order valence-corrected chi connectivity index (χ1v) is 6.65. The SMILES string of the molecule is C=CCOC(=O)C1=C(C)NC(=O)N[C@H]1c1ccc(C)cc1. The minimum atomic E-state index is -0.517. The summed E-state index contributed by atoms with van der Waals surface area (Å²) in [5, 5.41) is 5.36. The van der Waals surface area contributed by atoms with Gasteiger partial charge in [-0.15, -0.1) is 0 Å². The lowest BCUT2D eigenvalue weighted by Crippen LogP contribution is -2.45. The van der Waals surface area contributed by atoms with Gasteiger partial charge < -0.3 is 15.4 Å². The van der Waals surface area contributed by atoms with Gasteiger partial charge in [-0.25, -0.2) is 9.59 Å². The lowest BCUT2D eigenvalue weighted by Gasteiger charge is -2.28. The molecule has 0 fully saturated rings. The van der Waals surface area contributed by atoms with Crippen molar-refractivity contribution in [1.82, 2.24) is 10.6 Å². The summed E-state index contributed by atoms with van der Waals surface area (Å²) in [5.74, 6) is -0.467. The number of nitrogens with one attached hydrogen (secondary N) is 2. The number of carbonyl (C=O) groups excluding carboxylic acids is 2. The Bertz CT molecular complexity index is 602. The molecule has 0 radical (unpaired) electrons. The van der Waals surface area contributed by atoms with Gasteiger partial charge in [0.2, 0.25) is 0 Å². The maximum atomic E-state index is 12.2. The van der Waals surface area contributed by atoms with Gasteiger partial charge in [0.15, 0.2) is 0 Å². The van der Waals surface area contributed by atoms with Crippen LogP contribution in [0.25, 0.3) is 0 Å². The van der Waals surface area contributed by atoms with Crippen LogP contribution in [0.1, 0.15) is 24.1 Å². The molecular formula is C16H18N2O3. The Morgan fingerprint density at radius 3 is 2.62 bits per heavy atom. The molecule has 0 spiro atoms. The first-order chi connectivity index (χ1) is 10.0. The molecule has 2 amide bonds. The molecule has 0 aliphatic carbocycles. The Kier molecular flexibility index (Phi) is 4.42. The van der Waals surface area contributed by atoms with Gasteiger partial charge in [0, 0.05) is 5.70 Å². The van der Waals surface area contributed by atoms with Crippen molar-refractivity contribution in [3.63, 3.8) is 0 Å². The highest BCUT2D eigenvalue weighted by Crippen LogP contribution is 2.27. The fourth-order valence-electron chi connectivity index (χ4n) is 2.19. The zero-order valence-corrected chi connectivity index (χ0v) is 12.1. The molecular weight excluding hydrogens is 268 g/mol. The summed E-state index contributed by atoms with van der Waals surface area (Å²) >= 11 is 0. The monoisotopic (exact) mass is 286 g/mol. The third-order valence-corrected chi connectivity index (χ3v) is 3.23. The molecule has 0 saturated heterocycles. The fourth-order valence-corrected chi connectivity index (χ4v) is 2.19. The molecule has 1 heterocycles. The molecule has 1 atom stereocenters. The average Bonchev–Trinajstić information content (AvgIpc) is 2.44. The topological polar surface area (TPSA) is 67.4 Å². The van der Waals surface area contributed by atoms with Crippen molar-refractivity contribution in [3.8, 4) is 0 Å². The summed E-state index contributed by atoms with van der Waals surface area (Å²) in [6.07, 6.45) is 1.50. The van der Waals surface area contributed by atoms with Gasteiger partial charge in [-0.1, -0.05) is 42.5 Å². The van der Waals surface area contributed by atoms with Crippen LogP contribution in [0.3, 0.4) is 0 Å². The maximum Gasteiger partial charge on any atom is 0.338 e. The van der Waals surface area contributed by atoms with Crippen molar-refractivity contribution in [3.05, 3.63) is 59.3 Å². The van der Waals surface area contributed by atoms with E-state index >= 15 is 0 Å². The number of ether oxygens (including phenoxy) is 1. The third kappa shape index (κ3) is 3.31. The van der Waals surface area contributed by atoms with E-state index in [1.165, 1.54) is 6.08 Å². The number of allylic oxidation sites excluding steroid dienone is 1. The Morgan fingerprint density at radius 1 is 1.33 bits per heavy atom. The molecule has 2 rings (SSSR count). The molecule has 1 aromatic carbocycles. The summed E-state index contributed by atoms with van der Waals surface area (Å²) in [7, 11) is 0. The molecule has 1 aliphatic heterocycles. The zero-order chi connectivity index (χ0) is 15.4. The van der Waals surface area contributed by atoms with Crippen LogP contribution in [0, 0.1) is 6.92 Å². The lowest BCUT2D eigenvalue weighted by atomic mass is 9.95. The smallest absolute Gasteiger partial charge is 0.338 e. The van der Waals surface area contributed by atoms with E-state index in [4.69, 9.17) is 4.74 Å². The van der Waals surface area contributed by atoms with Gasteiger partial charge in [-0.05, 0) is 19.4 Å². The van der Waals surface area contributed by atoms with E-state index in [1.54, 1.807) is 6.92 Å². The van der Waals surface area contributed by atoms with Crippen LogP contribution < -0.4 is 10.6 Å². The molecule has 1 aromatic rings. The van der Waals surface area contributed by atoms with Crippen molar-refractivity contribution in [1.29, 1.82) is 0 Å². The van der Waals surface area contributed by atoms with Crippen molar-refractivity contribution in [2.45, 2.75) is 19.9 Å². The van der Waals surface area contributed by atoms with Gasteiger partial charge in [0.25, 0.3) is 0 Å². The normalized spacial score (nSPS) is 17.8.